The number of aromatic amines is 2. The lowest BCUT2D eigenvalue weighted by Crippen LogP contribution is -2.14. The van der Waals surface area contributed by atoms with Gasteiger partial charge in [-0.05, 0) is 12.1 Å². The lowest BCUT2D eigenvalue weighted by atomic mass is 10.2. The molecule has 19 heavy (non-hydrogen) atoms. The van der Waals surface area contributed by atoms with Crippen molar-refractivity contribution in [3.05, 3.63) is 46.3 Å². The molecule has 0 radical (unpaired) electrons. The minimum atomic E-state index is -0.488. The van der Waals surface area contributed by atoms with E-state index < -0.39 is 11.6 Å². The van der Waals surface area contributed by atoms with Crippen molar-refractivity contribution in [3.63, 3.8) is 0 Å². The molecular weight excluding hydrogens is 248 g/mol. The lowest BCUT2D eigenvalue weighted by Gasteiger charge is -2.02. The third kappa shape index (κ3) is 3.31. The first kappa shape index (κ1) is 12.6. The SMILES string of the molecule is O=C(Nc1cc(C#CCO)ccn1)c1c[nH]c(=O)[nH]1. The van der Waals surface area contributed by atoms with Crippen LogP contribution in [-0.2, 0) is 0 Å². The van der Waals surface area contributed by atoms with Gasteiger partial charge in [0, 0.05) is 18.0 Å². The zero-order chi connectivity index (χ0) is 13.7. The Kier molecular flexibility index (Phi) is 3.75. The number of carbonyl (C=O) groups is 1. The smallest absolute Gasteiger partial charge is 0.323 e. The molecule has 2 rings (SSSR count). The van der Waals surface area contributed by atoms with Crippen LogP contribution in [-0.4, -0.2) is 32.6 Å². The van der Waals surface area contributed by atoms with Gasteiger partial charge in [0.15, 0.2) is 0 Å². The fraction of sp³-hybridized carbons (Fsp3) is 0.0833. The van der Waals surface area contributed by atoms with Crippen molar-refractivity contribution in [1.29, 1.82) is 0 Å². The van der Waals surface area contributed by atoms with E-state index in [-0.39, 0.29) is 12.3 Å². The molecule has 0 spiro atoms. The van der Waals surface area contributed by atoms with E-state index in [1.807, 2.05) is 0 Å². The molecule has 4 N–H and O–H groups in total. The van der Waals surface area contributed by atoms with Crippen LogP contribution in [0.4, 0.5) is 5.82 Å². The van der Waals surface area contributed by atoms with Crippen molar-refractivity contribution < 1.29 is 9.90 Å². The Morgan fingerprint density at radius 3 is 3.05 bits per heavy atom. The highest BCUT2D eigenvalue weighted by atomic mass is 16.2. The molecule has 0 aliphatic carbocycles. The minimum Gasteiger partial charge on any atom is -0.384 e. The van der Waals surface area contributed by atoms with E-state index in [1.54, 1.807) is 12.1 Å². The summed E-state index contributed by atoms with van der Waals surface area (Å²) >= 11 is 0. The maximum absolute atomic E-state index is 11.7. The molecule has 1 amide bonds. The number of aliphatic hydroxyl groups is 1. The zero-order valence-corrected chi connectivity index (χ0v) is 9.73. The molecule has 0 unspecified atom stereocenters. The van der Waals surface area contributed by atoms with Gasteiger partial charge < -0.3 is 20.4 Å². The number of aliphatic hydroxyl groups excluding tert-OH is 1. The number of hydrogen-bond donors (Lipinski definition) is 4. The van der Waals surface area contributed by atoms with E-state index in [9.17, 15) is 9.59 Å². The van der Waals surface area contributed by atoms with Gasteiger partial charge in [-0.1, -0.05) is 11.8 Å². The fourth-order valence-corrected chi connectivity index (χ4v) is 1.36. The van der Waals surface area contributed by atoms with Crippen LogP contribution in [0.15, 0.2) is 29.3 Å². The number of hydrogen-bond acceptors (Lipinski definition) is 4. The third-order valence-corrected chi connectivity index (χ3v) is 2.15. The molecule has 0 saturated carbocycles. The molecule has 7 heteroatoms. The molecule has 0 atom stereocenters. The second kappa shape index (κ2) is 5.66. The van der Waals surface area contributed by atoms with Crippen molar-refractivity contribution in [2.75, 3.05) is 11.9 Å². The van der Waals surface area contributed by atoms with Crippen molar-refractivity contribution in [1.82, 2.24) is 15.0 Å². The van der Waals surface area contributed by atoms with Gasteiger partial charge in [0.25, 0.3) is 5.91 Å². The summed E-state index contributed by atoms with van der Waals surface area (Å²) in [6.45, 7) is -0.241. The van der Waals surface area contributed by atoms with Crippen LogP contribution in [0.25, 0.3) is 0 Å². The molecule has 0 aliphatic heterocycles. The van der Waals surface area contributed by atoms with Gasteiger partial charge in [0.05, 0.1) is 0 Å². The first-order chi connectivity index (χ1) is 9.19. The van der Waals surface area contributed by atoms with Gasteiger partial charge in [-0.2, -0.15) is 0 Å². The van der Waals surface area contributed by atoms with Crippen molar-refractivity contribution >= 4 is 11.7 Å². The van der Waals surface area contributed by atoms with Crippen molar-refractivity contribution in [3.8, 4) is 11.8 Å². The molecule has 96 valence electrons. The van der Waals surface area contributed by atoms with Gasteiger partial charge in [-0.3, -0.25) is 4.79 Å². The summed E-state index contributed by atoms with van der Waals surface area (Å²) in [6, 6.07) is 3.21. The summed E-state index contributed by atoms with van der Waals surface area (Å²) in [5.74, 6) is 5.00. The summed E-state index contributed by atoms with van der Waals surface area (Å²) in [7, 11) is 0. The van der Waals surface area contributed by atoms with Gasteiger partial charge in [-0.25, -0.2) is 9.78 Å². The van der Waals surface area contributed by atoms with E-state index in [0.29, 0.717) is 11.4 Å². The Morgan fingerprint density at radius 2 is 2.37 bits per heavy atom. The lowest BCUT2D eigenvalue weighted by molar-refractivity contribution is 0.102. The number of rotatable bonds is 2. The quantitative estimate of drug-likeness (QED) is 0.554. The second-order valence-electron chi connectivity index (χ2n) is 3.50. The number of nitrogens with one attached hydrogen (secondary N) is 3. The van der Waals surface area contributed by atoms with Crippen LogP contribution < -0.4 is 11.0 Å². The van der Waals surface area contributed by atoms with Crippen LogP contribution in [0.1, 0.15) is 16.1 Å². The summed E-state index contributed by atoms with van der Waals surface area (Å²) in [5.41, 5.74) is 0.265. The van der Waals surface area contributed by atoms with Gasteiger partial charge in [0.2, 0.25) is 0 Å². The molecule has 2 heterocycles. The Hall–Kier alpha value is -2.85. The van der Waals surface area contributed by atoms with E-state index in [1.165, 1.54) is 12.4 Å². The van der Waals surface area contributed by atoms with E-state index in [2.05, 4.69) is 32.1 Å². The standard InChI is InChI=1S/C12H10N4O3/c17-5-1-2-8-3-4-13-10(6-8)16-11(18)9-7-14-12(19)15-9/h3-4,6-7,17H,5H2,(H,13,16,18)(H2,14,15,19). The average Bonchev–Trinajstić information content (AvgIpc) is 2.83. The fourth-order valence-electron chi connectivity index (χ4n) is 1.36. The van der Waals surface area contributed by atoms with Gasteiger partial charge in [0.1, 0.15) is 18.1 Å². The highest BCUT2D eigenvalue weighted by Gasteiger charge is 2.08. The predicted octanol–water partition coefficient (Wildman–Crippen LogP) is -0.306. The van der Waals surface area contributed by atoms with E-state index in [0.717, 1.165) is 0 Å². The largest absolute Gasteiger partial charge is 0.384 e. The second-order valence-corrected chi connectivity index (χ2v) is 3.50. The Labute approximate surface area is 107 Å². The van der Waals surface area contributed by atoms with Gasteiger partial charge in [-0.15, -0.1) is 0 Å². The Bertz CT molecular complexity index is 705. The Morgan fingerprint density at radius 1 is 1.53 bits per heavy atom. The first-order valence-corrected chi connectivity index (χ1v) is 5.34. The highest BCUT2D eigenvalue weighted by Crippen LogP contribution is 2.06. The van der Waals surface area contributed by atoms with Crippen molar-refractivity contribution in [2.45, 2.75) is 0 Å². The molecule has 0 aromatic carbocycles. The molecule has 0 fully saturated rings. The maximum atomic E-state index is 11.7. The summed E-state index contributed by atoms with van der Waals surface area (Å²) < 4.78 is 0. The topological polar surface area (TPSA) is 111 Å². The molecule has 0 saturated heterocycles. The van der Waals surface area contributed by atoms with E-state index >= 15 is 0 Å². The minimum absolute atomic E-state index is 0.110. The van der Waals surface area contributed by atoms with Crippen LogP contribution >= 0.6 is 0 Å². The third-order valence-electron chi connectivity index (χ3n) is 2.15. The van der Waals surface area contributed by atoms with Crippen LogP contribution in [0.5, 0.6) is 0 Å². The number of imidazole rings is 1. The molecule has 2 aromatic heterocycles. The van der Waals surface area contributed by atoms with Crippen molar-refractivity contribution in [2.24, 2.45) is 0 Å². The number of carbonyl (C=O) groups excluding carboxylic acids is 1. The van der Waals surface area contributed by atoms with Gasteiger partial charge >= 0.3 is 5.69 Å². The van der Waals surface area contributed by atoms with Crippen LogP contribution in [0.2, 0.25) is 0 Å². The summed E-state index contributed by atoms with van der Waals surface area (Å²) in [5, 5.41) is 11.1. The highest BCUT2D eigenvalue weighted by molar-refractivity contribution is 6.02. The normalized spacial score (nSPS) is 9.53. The monoisotopic (exact) mass is 258 g/mol. The number of pyridine rings is 1. The number of anilines is 1. The number of amides is 1. The Balaban J connectivity index is 2.15. The molecule has 7 nitrogen and oxygen atoms in total. The predicted molar refractivity (Wildman–Crippen MR) is 67.6 cm³/mol. The first-order valence-electron chi connectivity index (χ1n) is 5.34. The average molecular weight is 258 g/mol. The number of nitrogens with zero attached hydrogens (tertiary/aromatic N) is 1. The molecule has 0 bridgehead atoms. The van der Waals surface area contributed by atoms with Crippen LogP contribution in [0, 0.1) is 11.8 Å². The van der Waals surface area contributed by atoms with Crippen LogP contribution in [0.3, 0.4) is 0 Å². The molecular formula is C12H10N4O3. The number of aromatic nitrogens is 3. The molecule has 2 aromatic rings. The summed E-state index contributed by atoms with van der Waals surface area (Å²) in [4.78, 5) is 31.2. The summed E-state index contributed by atoms with van der Waals surface area (Å²) in [6.07, 6.45) is 2.75. The molecule has 0 aliphatic rings. The maximum Gasteiger partial charge on any atom is 0.323 e. The number of H-pyrrole nitrogens is 2. The zero-order valence-electron chi connectivity index (χ0n) is 9.73. The van der Waals surface area contributed by atoms with E-state index in [4.69, 9.17) is 5.11 Å².